The normalized spacial score (nSPS) is 21.9. The zero-order valence-electron chi connectivity index (χ0n) is 82.0. The number of hydrogen-bond donors (Lipinski definition) is 21. The summed E-state index contributed by atoms with van der Waals surface area (Å²) in [5.74, 6) is -25.4. The Morgan fingerprint density at radius 1 is 0.543 bits per heavy atom. The average Bonchev–Trinajstić information content (AvgIpc) is 1.54. The van der Waals surface area contributed by atoms with Crippen LogP contribution in [0, 0.1) is 35.3 Å². The molecule has 3 aromatic carbocycles. The molecule has 1 aliphatic heterocycles. The van der Waals surface area contributed by atoms with Gasteiger partial charge in [0, 0.05) is 75.1 Å². The number of aromatic amines is 1. The largest absolute Gasteiger partial charge is 0.508 e. The molecule has 140 heavy (non-hydrogen) atoms. The van der Waals surface area contributed by atoms with Gasteiger partial charge in [0.2, 0.25) is 112 Å². The lowest BCUT2D eigenvalue weighted by Crippen LogP contribution is -2.65. The van der Waals surface area contributed by atoms with Crippen LogP contribution in [0.15, 0.2) is 85.1 Å². The Bertz CT molecular complexity index is 5110. The van der Waals surface area contributed by atoms with Crippen LogP contribution in [0.5, 0.6) is 5.75 Å². The highest BCUT2D eigenvalue weighted by atomic mass is 19.2. The van der Waals surface area contributed by atoms with Crippen LogP contribution < -0.4 is 91.2 Å². The number of nitrogens with two attached hydrogens (primary N) is 2. The fourth-order valence-electron chi connectivity index (χ4n) is 15.4. The lowest BCUT2D eigenvalue weighted by Gasteiger charge is -2.34. The number of aliphatic hydroxyl groups is 1. The molecule has 23 N–H and O–H groups in total. The maximum atomic E-state index is 15.6. The standard InChI is InChI=1S/C97H140F2N18O23/c1-50(2)41-64-49-104-70(35-37-76(100)121)82(127)81(126)55(8)106-89(134)75(46-63-48-103-69-28-24-23-27-66(63)69)112-90(135)73(44-61-29-32-65(120)33-30-61)111-88(133)71(36-38-77(122)123)114-95(140)97(15,117-92(137)74(45-62-31-34-67(98)68(99)43-62)113-93(138)78(59(12)118)115-91(136)72(42-51(3)4)110-60(13)119)40-26-22-20-18-16-17-19-21-25-39-96(14,116-87(64)132)94(139)109-58(11)86(131)108-57(10)85(130)107-56(9)84(129)105-54(7)80(125)79(124)53(6)102-47-52(5)83(101)128/h17,19,23-24,27-34,43,48,50-59,64,70-75,78,102-104,118,120H,16,18,20-22,25-26,35-42,44-47,49H2,1-15H3,(H2,100,121)(H2,101,128)(H,105,129)(H,106,134)(H,107,130)(H,108,131)(H,109,139)(H,110,119)(H,111,133)(H,112,135)(H,113,138)(H,114,140)(H,115,136)(H,116,132)(H,117,137)(H,122,123)/b19-17+/t52-,53-,54-,55-,56?,57-,58?,59+,64+,70-,71-,72-,73?,74-,75-,78-,96-,97+/m0/s1. The SMILES string of the molecule is CC(=O)N[C@@H](CC(C)C)C(=O)N[C@H](C(=O)N[C@@H](Cc1ccc(F)c(F)c1)C(=O)N[C@]1(C)CCCCCC/C=C/CCC[C@@](C)(C(=O)NC(C)C(=O)N[C@@H](C)C(=O)NC(C)C(=O)N[C@@H](C)C(=O)C(=O)[C@H](C)NC[C@H](C)C(N)=O)NC(=O)[C@H](CC(C)C)CN[C@@H](CCC(N)=O)C(=O)C(=O)[C@H](C)NC(=O)[C@H](Cc2c[nH]c3ccccc23)NC(=O)C(Cc2ccc(O)cc2)NC(=O)[C@H](CCC(=O)O)NC1=O)[C@@H](C)O. The second kappa shape index (κ2) is 56.1. The van der Waals surface area contributed by atoms with Crippen molar-refractivity contribution in [3.63, 3.8) is 0 Å². The number of ketones is 4. The van der Waals surface area contributed by atoms with E-state index in [9.17, 15) is 86.8 Å². The summed E-state index contributed by atoms with van der Waals surface area (Å²) in [5, 5.41) is 71.1. The van der Waals surface area contributed by atoms with E-state index >= 15 is 33.2 Å². The molecule has 770 valence electrons. The first-order valence-corrected chi connectivity index (χ1v) is 47.1. The molecule has 41 nitrogen and oxygen atoms in total. The van der Waals surface area contributed by atoms with Gasteiger partial charge in [-0.05, 0) is 185 Å². The first-order valence-electron chi connectivity index (χ1n) is 47.1. The number of carboxylic acids is 1. The molecule has 0 radical (unpaired) electrons. The molecular weight excluding hydrogens is 1820 g/mol. The van der Waals surface area contributed by atoms with Crippen LogP contribution in [-0.2, 0) is 115 Å². The molecule has 0 saturated heterocycles. The monoisotopic (exact) mass is 1960 g/mol. The molecular formula is C97H140F2N18O23. The molecule has 2 heterocycles. The van der Waals surface area contributed by atoms with Gasteiger partial charge in [-0.15, -0.1) is 0 Å². The third-order valence-corrected chi connectivity index (χ3v) is 23.9. The van der Waals surface area contributed by atoms with Crippen LogP contribution in [0.1, 0.15) is 217 Å². The minimum atomic E-state index is -2.22. The maximum Gasteiger partial charge on any atom is 0.303 e. The van der Waals surface area contributed by atoms with Gasteiger partial charge >= 0.3 is 5.97 Å². The predicted octanol–water partition coefficient (Wildman–Crippen LogP) is 1.02. The number of fused-ring (bicyclic) bond motifs is 1. The van der Waals surface area contributed by atoms with Crippen molar-refractivity contribution in [1.29, 1.82) is 0 Å². The van der Waals surface area contributed by atoms with Gasteiger partial charge in [-0.1, -0.05) is 102 Å². The summed E-state index contributed by atoms with van der Waals surface area (Å²) in [7, 11) is 0. The number of Topliss-reactive ketones (excluding diaryl/α,β-unsaturated/α-hetero) is 4. The summed E-state index contributed by atoms with van der Waals surface area (Å²) >= 11 is 0. The summed E-state index contributed by atoms with van der Waals surface area (Å²) in [5.41, 5.74) is 7.97. The predicted molar refractivity (Wildman–Crippen MR) is 510 cm³/mol. The van der Waals surface area contributed by atoms with E-state index in [0.717, 1.165) is 39.0 Å². The summed E-state index contributed by atoms with van der Waals surface area (Å²) in [6.07, 6.45) is 1.37. The number of para-hydroxylation sites is 1. The van der Waals surface area contributed by atoms with Crippen LogP contribution in [-0.4, -0.2) is 247 Å². The van der Waals surface area contributed by atoms with Crippen molar-refractivity contribution < 1.29 is 120 Å². The van der Waals surface area contributed by atoms with Crippen molar-refractivity contribution in [2.24, 2.45) is 35.1 Å². The van der Waals surface area contributed by atoms with Crippen molar-refractivity contribution in [2.45, 2.75) is 315 Å². The van der Waals surface area contributed by atoms with Gasteiger partial charge in [0.05, 0.1) is 36.2 Å². The first kappa shape index (κ1) is 117. The Kier molecular flexibility index (Phi) is 46.9. The Morgan fingerprint density at radius 3 is 1.69 bits per heavy atom. The molecule has 1 aromatic heterocycles. The van der Waals surface area contributed by atoms with E-state index in [4.69, 9.17) is 11.5 Å². The quantitative estimate of drug-likeness (QED) is 0.0219. The summed E-state index contributed by atoms with van der Waals surface area (Å²) in [6, 6.07) is -5.68. The summed E-state index contributed by atoms with van der Waals surface area (Å²) in [4.78, 5) is 283. The molecule has 3 unspecified atom stereocenters. The topological polar surface area (TPSA) is 650 Å². The van der Waals surface area contributed by atoms with Crippen molar-refractivity contribution >= 4 is 129 Å². The van der Waals surface area contributed by atoms with E-state index in [-0.39, 0.29) is 86.6 Å². The molecule has 43 heteroatoms. The summed E-state index contributed by atoms with van der Waals surface area (Å²) < 4.78 is 29.7. The lowest BCUT2D eigenvalue weighted by molar-refractivity contribution is -0.140. The molecule has 5 rings (SSSR count). The Morgan fingerprint density at radius 2 is 1.11 bits per heavy atom. The molecule has 0 aliphatic carbocycles. The molecule has 0 bridgehead atoms. The van der Waals surface area contributed by atoms with Gasteiger partial charge in [0.1, 0.15) is 71.2 Å². The summed E-state index contributed by atoms with van der Waals surface area (Å²) in [6.45, 7) is 20.7. The van der Waals surface area contributed by atoms with Crippen molar-refractivity contribution in [1.82, 2.24) is 84.7 Å². The Labute approximate surface area is 812 Å². The van der Waals surface area contributed by atoms with Crippen LogP contribution in [0.4, 0.5) is 8.78 Å². The minimum absolute atomic E-state index is 0.0126. The van der Waals surface area contributed by atoms with E-state index in [1.807, 2.05) is 6.08 Å². The number of halogens is 2. The zero-order valence-corrected chi connectivity index (χ0v) is 82.0. The smallest absolute Gasteiger partial charge is 0.303 e. The van der Waals surface area contributed by atoms with Crippen LogP contribution in [0.2, 0.25) is 0 Å². The zero-order chi connectivity index (χ0) is 105. The van der Waals surface area contributed by atoms with Gasteiger partial charge in [-0.2, -0.15) is 0 Å². The number of aromatic nitrogens is 1. The number of hydrogen-bond acceptors (Lipinski definition) is 24. The number of carboxylic acid groups (broad SMARTS) is 1. The third-order valence-electron chi connectivity index (χ3n) is 23.9. The van der Waals surface area contributed by atoms with E-state index < -0.39 is 282 Å². The number of H-pyrrole nitrogens is 1. The number of aliphatic hydroxyl groups excluding tert-OH is 1. The van der Waals surface area contributed by atoms with Crippen molar-refractivity contribution in [2.75, 3.05) is 13.1 Å². The van der Waals surface area contributed by atoms with E-state index in [1.165, 1.54) is 79.7 Å². The number of phenolic OH excluding ortho intramolecular Hbond substituents is 1. The van der Waals surface area contributed by atoms with Crippen LogP contribution in [0.25, 0.3) is 10.9 Å². The highest BCUT2D eigenvalue weighted by Gasteiger charge is 2.44. The molecule has 0 fully saturated rings. The fraction of sp³-hybridized carbons (Fsp3) is 0.567. The average molecular weight is 1960 g/mol. The molecule has 0 spiro atoms. The van der Waals surface area contributed by atoms with Gasteiger partial charge < -0.3 is 112 Å². The molecule has 1 aliphatic rings. The number of benzene rings is 3. The number of aromatic hydroxyl groups is 1. The van der Waals surface area contributed by atoms with E-state index in [1.54, 1.807) is 64.2 Å². The number of aliphatic carboxylic acids is 1. The lowest BCUT2D eigenvalue weighted by atomic mass is 9.89. The first-order chi connectivity index (χ1) is 65.6. The van der Waals surface area contributed by atoms with E-state index in [2.05, 4.69) is 84.7 Å². The van der Waals surface area contributed by atoms with Gasteiger partial charge in [0.25, 0.3) is 0 Å². The Balaban J connectivity index is 1.60. The second-order valence-electron chi connectivity index (χ2n) is 37.4. The highest BCUT2D eigenvalue weighted by Crippen LogP contribution is 2.26. The fourth-order valence-corrected chi connectivity index (χ4v) is 15.4. The van der Waals surface area contributed by atoms with Crippen molar-refractivity contribution in [3.05, 3.63) is 113 Å². The minimum Gasteiger partial charge on any atom is -0.508 e. The molecule has 15 amide bonds. The number of rotatable bonds is 39. The molecule has 4 aromatic rings. The van der Waals surface area contributed by atoms with Gasteiger partial charge in [-0.25, -0.2) is 8.78 Å². The number of nitrogens with one attached hydrogen (secondary N) is 16. The number of primary amides is 2. The number of phenols is 1. The third kappa shape index (κ3) is 38.1. The molecule has 0 saturated carbocycles. The van der Waals surface area contributed by atoms with Crippen LogP contribution >= 0.6 is 0 Å². The van der Waals surface area contributed by atoms with Gasteiger partial charge in [0.15, 0.2) is 11.6 Å². The van der Waals surface area contributed by atoms with Crippen LogP contribution in [0.3, 0.4) is 0 Å². The number of carbonyl (C=O) groups excluding carboxylic acids is 19. The number of carbonyl (C=O) groups is 20. The van der Waals surface area contributed by atoms with Crippen molar-refractivity contribution in [3.8, 4) is 5.75 Å². The Hall–Kier alpha value is -13.3. The second-order valence-corrected chi connectivity index (χ2v) is 37.4. The number of amides is 15. The number of allylic oxidation sites excluding steroid dienone is 2. The maximum absolute atomic E-state index is 15.6. The van der Waals surface area contributed by atoms with E-state index in [0.29, 0.717) is 42.1 Å². The van der Waals surface area contributed by atoms with Gasteiger partial charge in [-0.3, -0.25) is 95.9 Å². The highest BCUT2D eigenvalue weighted by molar-refractivity contribution is 6.41. The molecule has 18 atom stereocenters.